The number of imide groups is 1. The number of thioether (sulfide) groups is 1. The Morgan fingerprint density at radius 1 is 1.18 bits per heavy atom. The maximum Gasteiger partial charge on any atom is 0.316 e. The number of ether oxygens (including phenoxy) is 1. The first-order valence-corrected chi connectivity index (χ1v) is 16.2. The van der Waals surface area contributed by atoms with Gasteiger partial charge in [-0.2, -0.15) is 0 Å². The van der Waals surface area contributed by atoms with E-state index in [0.29, 0.717) is 29.5 Å². The lowest BCUT2D eigenvalue weighted by atomic mass is 9.46. The Balaban J connectivity index is 0.985. The van der Waals surface area contributed by atoms with Crippen LogP contribution in [0.2, 0.25) is 0 Å². The summed E-state index contributed by atoms with van der Waals surface area (Å²) in [6, 6.07) is 4.99. The molecule has 2 atom stereocenters. The SMILES string of the molecule is CC(C(=O)Oc1nc(CSc2cccc3c2CN(C2CCC(=O)NC2=O)C3=O)cs1)C12CC3CC(CC(C3)C1)C2. The molecule has 6 aliphatic rings. The number of nitrogens with zero attached hydrogens (tertiary/aromatic N) is 2. The van der Waals surface area contributed by atoms with Crippen LogP contribution in [0, 0.1) is 29.1 Å². The Morgan fingerprint density at radius 3 is 2.60 bits per heavy atom. The van der Waals surface area contributed by atoms with Crippen LogP contribution in [-0.2, 0) is 26.7 Å². The van der Waals surface area contributed by atoms with Crippen LogP contribution in [0.4, 0.5) is 0 Å². The third-order valence-corrected chi connectivity index (χ3v) is 11.9. The van der Waals surface area contributed by atoms with Crippen molar-refractivity contribution in [3.63, 3.8) is 0 Å². The molecule has 0 spiro atoms. The van der Waals surface area contributed by atoms with E-state index in [0.717, 1.165) is 33.9 Å². The molecule has 5 fully saturated rings. The first kappa shape index (κ1) is 26.2. The van der Waals surface area contributed by atoms with Crippen molar-refractivity contribution in [3.05, 3.63) is 40.4 Å². The number of piperidine rings is 1. The zero-order valence-electron chi connectivity index (χ0n) is 22.5. The second-order valence-corrected chi connectivity index (χ2v) is 14.3. The second kappa shape index (κ2) is 9.98. The summed E-state index contributed by atoms with van der Waals surface area (Å²) < 4.78 is 5.83. The number of fused-ring (bicyclic) bond motifs is 1. The van der Waals surface area contributed by atoms with Gasteiger partial charge in [0.25, 0.3) is 11.1 Å². The Kier molecular flexibility index (Phi) is 6.53. The van der Waals surface area contributed by atoms with Gasteiger partial charge in [-0.1, -0.05) is 24.3 Å². The smallest absolute Gasteiger partial charge is 0.316 e. The standard InChI is InChI=1S/C30H33N3O5S2/c1-16(30-10-17-7-18(11-30)9-19(8-17)12-30)28(37)38-29-31-20(15-40-29)14-39-24-4-2-3-21-22(24)13-33(27(21)36)23-5-6-25(34)32-26(23)35/h2-4,15-19,23H,5-14H2,1H3,(H,32,34,35). The summed E-state index contributed by atoms with van der Waals surface area (Å²) in [5.74, 6) is 1.79. The van der Waals surface area contributed by atoms with Crippen molar-refractivity contribution in [2.24, 2.45) is 29.1 Å². The summed E-state index contributed by atoms with van der Waals surface area (Å²) in [4.78, 5) is 57.4. The highest BCUT2D eigenvalue weighted by molar-refractivity contribution is 7.98. The van der Waals surface area contributed by atoms with E-state index in [1.54, 1.807) is 22.7 Å². The van der Waals surface area contributed by atoms with Crippen LogP contribution in [0.15, 0.2) is 28.5 Å². The van der Waals surface area contributed by atoms with Crippen molar-refractivity contribution in [2.75, 3.05) is 0 Å². The molecule has 4 bridgehead atoms. The summed E-state index contributed by atoms with van der Waals surface area (Å²) >= 11 is 2.93. The fraction of sp³-hybridized carbons (Fsp3) is 0.567. The molecule has 1 aromatic heterocycles. The number of carbonyl (C=O) groups is 4. The van der Waals surface area contributed by atoms with Gasteiger partial charge in [0, 0.05) is 34.6 Å². The molecule has 2 unspecified atom stereocenters. The molecule has 8 nitrogen and oxygen atoms in total. The van der Waals surface area contributed by atoms with Crippen molar-refractivity contribution in [1.82, 2.24) is 15.2 Å². The fourth-order valence-electron chi connectivity index (χ4n) is 8.38. The van der Waals surface area contributed by atoms with Crippen LogP contribution in [0.3, 0.4) is 0 Å². The number of thiazole rings is 1. The van der Waals surface area contributed by atoms with Gasteiger partial charge >= 0.3 is 5.97 Å². The normalized spacial score (nSPS) is 31.3. The van der Waals surface area contributed by atoms with Crippen LogP contribution in [-0.4, -0.2) is 39.6 Å². The van der Waals surface area contributed by atoms with Gasteiger partial charge in [0.05, 0.1) is 11.6 Å². The molecule has 0 radical (unpaired) electrons. The van der Waals surface area contributed by atoms with Gasteiger partial charge in [0.15, 0.2) is 0 Å². The van der Waals surface area contributed by atoms with Gasteiger partial charge in [-0.3, -0.25) is 24.5 Å². The summed E-state index contributed by atoms with van der Waals surface area (Å²) in [6.07, 6.45) is 8.12. The Bertz CT molecular complexity index is 1370. The number of hydrogen-bond acceptors (Lipinski definition) is 8. The number of benzene rings is 1. The van der Waals surface area contributed by atoms with E-state index >= 15 is 0 Å². The number of rotatable bonds is 7. The number of esters is 1. The highest BCUT2D eigenvalue weighted by atomic mass is 32.2. The van der Waals surface area contributed by atoms with Crippen LogP contribution in [0.5, 0.6) is 5.19 Å². The average molecular weight is 580 g/mol. The van der Waals surface area contributed by atoms with E-state index in [4.69, 9.17) is 4.74 Å². The molecule has 8 rings (SSSR count). The average Bonchev–Trinajstić information content (AvgIpc) is 3.50. The minimum atomic E-state index is -0.632. The molecule has 3 heterocycles. The Labute approximate surface area is 241 Å². The van der Waals surface area contributed by atoms with Crippen molar-refractivity contribution in [3.8, 4) is 5.19 Å². The van der Waals surface area contributed by atoms with E-state index < -0.39 is 11.9 Å². The first-order chi connectivity index (χ1) is 19.3. The van der Waals surface area contributed by atoms with Gasteiger partial charge in [-0.05, 0) is 85.8 Å². The predicted molar refractivity (Wildman–Crippen MR) is 150 cm³/mol. The molecule has 3 amide bonds. The lowest BCUT2D eigenvalue weighted by molar-refractivity contribution is -0.153. The second-order valence-electron chi connectivity index (χ2n) is 12.5. The molecule has 2 aromatic rings. The predicted octanol–water partition coefficient (Wildman–Crippen LogP) is 4.95. The quantitative estimate of drug-likeness (QED) is 0.281. The van der Waals surface area contributed by atoms with Gasteiger partial charge in [-0.15, -0.1) is 11.8 Å². The molecule has 10 heteroatoms. The zero-order valence-corrected chi connectivity index (χ0v) is 24.2. The summed E-state index contributed by atoms with van der Waals surface area (Å²) in [7, 11) is 0. The number of nitrogens with one attached hydrogen (secondary N) is 1. The third kappa shape index (κ3) is 4.57. The molecule has 4 saturated carbocycles. The van der Waals surface area contributed by atoms with Crippen molar-refractivity contribution in [2.45, 2.75) is 81.5 Å². The summed E-state index contributed by atoms with van der Waals surface area (Å²) in [5.41, 5.74) is 2.42. The maximum atomic E-state index is 13.2. The summed E-state index contributed by atoms with van der Waals surface area (Å²) in [5, 5.41) is 4.67. The van der Waals surface area contributed by atoms with Gasteiger partial charge in [-0.25, -0.2) is 4.98 Å². The molecule has 4 aliphatic carbocycles. The number of carbonyl (C=O) groups excluding carboxylic acids is 4. The van der Waals surface area contributed by atoms with E-state index in [1.807, 2.05) is 17.5 Å². The lowest BCUT2D eigenvalue weighted by Gasteiger charge is -2.58. The molecule has 210 valence electrons. The van der Waals surface area contributed by atoms with Crippen LogP contribution >= 0.6 is 23.1 Å². The topological polar surface area (TPSA) is 106 Å². The first-order valence-electron chi connectivity index (χ1n) is 14.3. The number of hydrogen-bond donors (Lipinski definition) is 1. The highest BCUT2D eigenvalue weighted by Gasteiger charge is 2.55. The molecular formula is C30H33N3O5S2. The molecule has 1 saturated heterocycles. The van der Waals surface area contributed by atoms with E-state index in [9.17, 15) is 19.2 Å². The molecule has 1 aromatic carbocycles. The fourth-order valence-corrected chi connectivity index (χ4v) is 10.1. The van der Waals surface area contributed by atoms with Crippen molar-refractivity contribution in [1.29, 1.82) is 0 Å². The van der Waals surface area contributed by atoms with E-state index in [2.05, 4.69) is 17.2 Å². The van der Waals surface area contributed by atoms with Gasteiger partial charge in [0.1, 0.15) is 6.04 Å². The van der Waals surface area contributed by atoms with Crippen LogP contribution in [0.25, 0.3) is 0 Å². The van der Waals surface area contributed by atoms with Gasteiger partial charge < -0.3 is 9.64 Å². The van der Waals surface area contributed by atoms with Crippen LogP contribution in [0.1, 0.15) is 79.9 Å². The van der Waals surface area contributed by atoms with E-state index in [-0.39, 0.29) is 35.5 Å². The zero-order chi connectivity index (χ0) is 27.6. The highest BCUT2D eigenvalue weighted by Crippen LogP contribution is 2.62. The molecule has 2 aliphatic heterocycles. The summed E-state index contributed by atoms with van der Waals surface area (Å²) in [6.45, 7) is 2.40. The number of aromatic nitrogens is 1. The molecular weight excluding hydrogens is 546 g/mol. The molecule has 40 heavy (non-hydrogen) atoms. The maximum absolute atomic E-state index is 13.2. The van der Waals surface area contributed by atoms with Crippen molar-refractivity contribution < 1.29 is 23.9 Å². The third-order valence-electron chi connectivity index (χ3n) is 9.99. The van der Waals surface area contributed by atoms with Crippen molar-refractivity contribution >= 4 is 46.8 Å². The minimum absolute atomic E-state index is 0.106. The van der Waals surface area contributed by atoms with Gasteiger partial charge in [0.2, 0.25) is 11.8 Å². The minimum Gasteiger partial charge on any atom is -0.398 e. The largest absolute Gasteiger partial charge is 0.398 e. The molecule has 1 N–H and O–H groups in total. The van der Waals surface area contributed by atoms with Crippen LogP contribution < -0.4 is 10.1 Å². The van der Waals surface area contributed by atoms with E-state index in [1.165, 1.54) is 49.9 Å². The Hall–Kier alpha value is -2.72. The lowest BCUT2D eigenvalue weighted by Crippen LogP contribution is -2.52. The number of amides is 3. The Morgan fingerprint density at radius 2 is 1.90 bits per heavy atom. The monoisotopic (exact) mass is 579 g/mol.